The lowest BCUT2D eigenvalue weighted by molar-refractivity contribution is 0.615. The van der Waals surface area contributed by atoms with E-state index >= 15 is 0 Å². The Morgan fingerprint density at radius 1 is 1.44 bits per heavy atom. The van der Waals surface area contributed by atoms with Crippen LogP contribution in [0.1, 0.15) is 40.0 Å². The van der Waals surface area contributed by atoms with E-state index < -0.39 is 0 Å². The number of allylic oxidation sites excluding steroid dienone is 2. The van der Waals surface area contributed by atoms with Crippen LogP contribution in [0, 0.1) is 5.92 Å². The highest BCUT2D eigenvalue weighted by atomic mass is 14.2. The Morgan fingerprint density at radius 2 is 2.11 bits per heavy atom. The van der Waals surface area contributed by atoms with Gasteiger partial charge in [0, 0.05) is 0 Å². The highest BCUT2D eigenvalue weighted by Gasteiger charge is 2.15. The molecule has 9 heavy (non-hydrogen) atoms. The number of hydrogen-bond donors (Lipinski definition) is 0. The van der Waals surface area contributed by atoms with E-state index in [1.165, 1.54) is 19.3 Å². The molecule has 1 rings (SSSR count). The average molecular weight is 124 g/mol. The van der Waals surface area contributed by atoms with Crippen LogP contribution in [0.2, 0.25) is 0 Å². The Balaban J connectivity index is 2.58. The molecule has 0 heteroatoms. The summed E-state index contributed by atoms with van der Waals surface area (Å²) in [5, 5.41) is 0. The summed E-state index contributed by atoms with van der Waals surface area (Å²) in [5.74, 6) is 0.931. The van der Waals surface area contributed by atoms with Gasteiger partial charge in [0.1, 0.15) is 0 Å². The van der Waals surface area contributed by atoms with Crippen LogP contribution in [-0.4, -0.2) is 0 Å². The van der Waals surface area contributed by atoms with E-state index in [1.807, 2.05) is 0 Å². The van der Waals surface area contributed by atoms with Gasteiger partial charge >= 0.3 is 0 Å². The molecule has 0 nitrogen and oxygen atoms in total. The summed E-state index contributed by atoms with van der Waals surface area (Å²) in [6.45, 7) is 6.88. The molecule has 0 aromatic heterocycles. The maximum absolute atomic E-state index is 2.34. The third kappa shape index (κ3) is 1.35. The third-order valence-electron chi connectivity index (χ3n) is 2.28. The monoisotopic (exact) mass is 124 g/mol. The first-order chi connectivity index (χ1) is 4.24. The fourth-order valence-electron chi connectivity index (χ4n) is 1.78. The minimum atomic E-state index is 0.931. The Labute approximate surface area is 58.0 Å². The summed E-state index contributed by atoms with van der Waals surface area (Å²) in [5.41, 5.74) is 3.37. The smallest absolute Gasteiger partial charge is 0.0289 e. The highest BCUT2D eigenvalue weighted by Crippen LogP contribution is 2.32. The van der Waals surface area contributed by atoms with Crippen LogP contribution >= 0.6 is 0 Å². The fraction of sp³-hybridized carbons (Fsp3) is 0.778. The third-order valence-corrected chi connectivity index (χ3v) is 2.28. The van der Waals surface area contributed by atoms with Crippen LogP contribution in [0.15, 0.2) is 11.1 Å². The molecule has 0 amide bonds. The average Bonchev–Trinajstić information content (AvgIpc) is 2.10. The van der Waals surface area contributed by atoms with Gasteiger partial charge in [-0.1, -0.05) is 25.0 Å². The van der Waals surface area contributed by atoms with Gasteiger partial charge in [-0.05, 0) is 32.1 Å². The molecular weight excluding hydrogens is 108 g/mol. The molecule has 52 valence electrons. The quantitative estimate of drug-likeness (QED) is 0.471. The Hall–Kier alpha value is -0.260. The molecule has 1 aliphatic rings. The summed E-state index contributed by atoms with van der Waals surface area (Å²) in [6, 6.07) is 0. The minimum Gasteiger partial charge on any atom is -0.0738 e. The van der Waals surface area contributed by atoms with E-state index in [1.54, 1.807) is 11.1 Å². The first-order valence-electron chi connectivity index (χ1n) is 3.91. The maximum atomic E-state index is 2.34. The molecule has 0 radical (unpaired) electrons. The van der Waals surface area contributed by atoms with Crippen LogP contribution in [0.5, 0.6) is 0 Å². The molecule has 0 saturated carbocycles. The van der Waals surface area contributed by atoms with E-state index in [-0.39, 0.29) is 0 Å². The standard InChI is InChI=1S/C9H16/c1-4-9-6-7(2)5-8(9)3/h7H,4-6H2,1-3H3/t7-/m0/s1. The molecule has 0 unspecified atom stereocenters. The van der Waals surface area contributed by atoms with E-state index in [9.17, 15) is 0 Å². The van der Waals surface area contributed by atoms with Crippen molar-refractivity contribution in [3.8, 4) is 0 Å². The number of hydrogen-bond acceptors (Lipinski definition) is 0. The second-order valence-corrected chi connectivity index (χ2v) is 3.25. The van der Waals surface area contributed by atoms with Gasteiger partial charge in [0.2, 0.25) is 0 Å². The van der Waals surface area contributed by atoms with Gasteiger partial charge in [-0.15, -0.1) is 0 Å². The molecule has 0 saturated heterocycles. The van der Waals surface area contributed by atoms with Crippen LogP contribution < -0.4 is 0 Å². The lowest BCUT2D eigenvalue weighted by Gasteiger charge is -1.97. The molecule has 0 spiro atoms. The SMILES string of the molecule is CCC1=C(C)C[C@H](C)C1. The van der Waals surface area contributed by atoms with Crippen LogP contribution in [-0.2, 0) is 0 Å². The predicted octanol–water partition coefficient (Wildman–Crippen LogP) is 3.14. The van der Waals surface area contributed by atoms with Gasteiger partial charge in [0.15, 0.2) is 0 Å². The molecular formula is C9H16. The van der Waals surface area contributed by atoms with E-state index in [0.717, 1.165) is 5.92 Å². The van der Waals surface area contributed by atoms with Crippen LogP contribution in [0.25, 0.3) is 0 Å². The largest absolute Gasteiger partial charge is 0.0738 e. The molecule has 0 aliphatic heterocycles. The summed E-state index contributed by atoms with van der Waals surface area (Å²) in [4.78, 5) is 0. The Bertz CT molecular complexity index is 131. The Morgan fingerprint density at radius 3 is 2.33 bits per heavy atom. The Kier molecular flexibility index (Phi) is 1.94. The van der Waals surface area contributed by atoms with E-state index in [2.05, 4.69) is 20.8 Å². The second kappa shape index (κ2) is 2.55. The van der Waals surface area contributed by atoms with Crippen LogP contribution in [0.4, 0.5) is 0 Å². The van der Waals surface area contributed by atoms with Crippen molar-refractivity contribution in [1.82, 2.24) is 0 Å². The zero-order valence-corrected chi connectivity index (χ0v) is 6.70. The van der Waals surface area contributed by atoms with Gasteiger partial charge in [-0.2, -0.15) is 0 Å². The van der Waals surface area contributed by atoms with E-state index in [0.29, 0.717) is 0 Å². The van der Waals surface area contributed by atoms with Gasteiger partial charge < -0.3 is 0 Å². The second-order valence-electron chi connectivity index (χ2n) is 3.25. The summed E-state index contributed by atoms with van der Waals surface area (Å²) in [7, 11) is 0. The predicted molar refractivity (Wildman–Crippen MR) is 41.4 cm³/mol. The summed E-state index contributed by atoms with van der Waals surface area (Å²) < 4.78 is 0. The molecule has 0 fully saturated rings. The molecule has 1 atom stereocenters. The van der Waals surface area contributed by atoms with E-state index in [4.69, 9.17) is 0 Å². The lowest BCUT2D eigenvalue weighted by Crippen LogP contribution is -1.84. The first-order valence-corrected chi connectivity index (χ1v) is 3.91. The van der Waals surface area contributed by atoms with Crippen molar-refractivity contribution in [3.05, 3.63) is 11.1 Å². The highest BCUT2D eigenvalue weighted by molar-refractivity contribution is 5.18. The van der Waals surface area contributed by atoms with Crippen molar-refractivity contribution >= 4 is 0 Å². The summed E-state index contributed by atoms with van der Waals surface area (Å²) in [6.07, 6.45) is 3.99. The van der Waals surface area contributed by atoms with Gasteiger partial charge in [0.05, 0.1) is 0 Å². The first kappa shape index (κ1) is 6.85. The van der Waals surface area contributed by atoms with Gasteiger partial charge in [0.25, 0.3) is 0 Å². The van der Waals surface area contributed by atoms with Crippen molar-refractivity contribution in [1.29, 1.82) is 0 Å². The zero-order chi connectivity index (χ0) is 6.85. The zero-order valence-electron chi connectivity index (χ0n) is 6.70. The van der Waals surface area contributed by atoms with Crippen molar-refractivity contribution < 1.29 is 0 Å². The lowest BCUT2D eigenvalue weighted by atomic mass is 10.1. The molecule has 0 bridgehead atoms. The van der Waals surface area contributed by atoms with Crippen molar-refractivity contribution in [2.75, 3.05) is 0 Å². The fourth-order valence-corrected chi connectivity index (χ4v) is 1.78. The minimum absolute atomic E-state index is 0.931. The molecule has 0 N–H and O–H groups in total. The topological polar surface area (TPSA) is 0 Å². The molecule has 1 aliphatic carbocycles. The van der Waals surface area contributed by atoms with Crippen molar-refractivity contribution in [2.45, 2.75) is 40.0 Å². The molecule has 0 aromatic carbocycles. The van der Waals surface area contributed by atoms with Gasteiger partial charge in [-0.3, -0.25) is 0 Å². The van der Waals surface area contributed by atoms with Gasteiger partial charge in [-0.25, -0.2) is 0 Å². The van der Waals surface area contributed by atoms with Crippen LogP contribution in [0.3, 0.4) is 0 Å². The molecule has 0 heterocycles. The normalized spacial score (nSPS) is 27.7. The summed E-state index contributed by atoms with van der Waals surface area (Å²) >= 11 is 0. The molecule has 0 aromatic rings. The van der Waals surface area contributed by atoms with Crippen molar-refractivity contribution in [3.63, 3.8) is 0 Å². The number of rotatable bonds is 1. The van der Waals surface area contributed by atoms with Crippen molar-refractivity contribution in [2.24, 2.45) is 5.92 Å². The maximum Gasteiger partial charge on any atom is -0.0289 e.